The number of hydrogen-bond donors (Lipinski definition) is 0. The van der Waals surface area contributed by atoms with Crippen LogP contribution in [0.15, 0.2) is 34.5 Å². The first-order valence-corrected chi connectivity index (χ1v) is 6.81. The molecule has 0 aromatic carbocycles. The molecule has 0 spiro atoms. The zero-order valence-corrected chi connectivity index (χ0v) is 12.3. The standard InChI is InChI=1S/C14H19IO/c1-10(2)12-6-8-14(4,7-5-9-15)13(16)11(12)3/h5-6,8-9,11-12H,1,7H2,2-4H3/b9-5-/t11-,12-,14+/m0/s1. The second-order valence-electron chi connectivity index (χ2n) is 4.87. The monoisotopic (exact) mass is 330 g/mol. The summed E-state index contributed by atoms with van der Waals surface area (Å²) in [5.74, 6) is 0.594. The lowest BCUT2D eigenvalue weighted by molar-refractivity contribution is -0.130. The molecule has 0 N–H and O–H groups in total. The van der Waals surface area contributed by atoms with Crippen molar-refractivity contribution >= 4 is 28.4 Å². The van der Waals surface area contributed by atoms with Crippen LogP contribution in [0.1, 0.15) is 27.2 Å². The normalized spacial score (nSPS) is 34.6. The Morgan fingerprint density at radius 3 is 2.81 bits per heavy atom. The fraction of sp³-hybridized carbons (Fsp3) is 0.500. The van der Waals surface area contributed by atoms with E-state index in [-0.39, 0.29) is 17.3 Å². The number of ketones is 1. The van der Waals surface area contributed by atoms with E-state index >= 15 is 0 Å². The Kier molecular flexibility index (Phi) is 4.53. The van der Waals surface area contributed by atoms with E-state index in [1.165, 1.54) is 0 Å². The number of Topliss-reactive ketones (excluding diaryl/α,β-unsaturated/α-hetero) is 1. The van der Waals surface area contributed by atoms with E-state index < -0.39 is 0 Å². The third kappa shape index (κ3) is 2.65. The van der Waals surface area contributed by atoms with Gasteiger partial charge in [-0.15, -0.1) is 0 Å². The second kappa shape index (κ2) is 5.30. The molecule has 1 aliphatic carbocycles. The maximum atomic E-state index is 12.3. The molecular formula is C14H19IO. The Labute approximate surface area is 112 Å². The van der Waals surface area contributed by atoms with E-state index in [0.717, 1.165) is 12.0 Å². The van der Waals surface area contributed by atoms with Gasteiger partial charge >= 0.3 is 0 Å². The minimum Gasteiger partial charge on any atom is -0.298 e. The maximum absolute atomic E-state index is 12.3. The summed E-state index contributed by atoms with van der Waals surface area (Å²) >= 11 is 2.19. The molecule has 0 aromatic rings. The first kappa shape index (κ1) is 13.7. The van der Waals surface area contributed by atoms with Crippen molar-refractivity contribution < 1.29 is 4.79 Å². The van der Waals surface area contributed by atoms with E-state index in [1.807, 2.05) is 24.9 Å². The second-order valence-corrected chi connectivity index (χ2v) is 5.59. The lowest BCUT2D eigenvalue weighted by Crippen LogP contribution is -2.37. The molecule has 1 rings (SSSR count). The highest BCUT2D eigenvalue weighted by atomic mass is 127. The summed E-state index contributed by atoms with van der Waals surface area (Å²) in [4.78, 5) is 12.3. The van der Waals surface area contributed by atoms with Crippen LogP contribution in [0.4, 0.5) is 0 Å². The molecule has 0 aromatic heterocycles. The summed E-state index contributed by atoms with van der Waals surface area (Å²) in [7, 11) is 0. The van der Waals surface area contributed by atoms with Gasteiger partial charge in [0.1, 0.15) is 5.78 Å². The van der Waals surface area contributed by atoms with Crippen molar-refractivity contribution in [2.24, 2.45) is 17.3 Å². The van der Waals surface area contributed by atoms with Gasteiger partial charge in [0.2, 0.25) is 0 Å². The molecule has 2 heteroatoms. The largest absolute Gasteiger partial charge is 0.298 e. The lowest BCUT2D eigenvalue weighted by Gasteiger charge is -2.35. The first-order chi connectivity index (χ1) is 7.42. The van der Waals surface area contributed by atoms with Crippen LogP contribution >= 0.6 is 22.6 Å². The molecule has 0 radical (unpaired) electrons. The SMILES string of the molecule is C=C(C)[C@@H]1C=C[C@@](C)(C/C=C\I)C(=O)[C@H]1C. The van der Waals surface area contributed by atoms with Crippen molar-refractivity contribution in [2.45, 2.75) is 27.2 Å². The van der Waals surface area contributed by atoms with Gasteiger partial charge in [0.05, 0.1) is 0 Å². The van der Waals surface area contributed by atoms with Crippen LogP contribution in [0.3, 0.4) is 0 Å². The van der Waals surface area contributed by atoms with Crippen LogP contribution in [-0.2, 0) is 4.79 Å². The Morgan fingerprint density at radius 1 is 1.69 bits per heavy atom. The highest BCUT2D eigenvalue weighted by Crippen LogP contribution is 2.38. The molecule has 16 heavy (non-hydrogen) atoms. The van der Waals surface area contributed by atoms with Crippen LogP contribution in [0.2, 0.25) is 0 Å². The Hall–Kier alpha value is -0.380. The fourth-order valence-electron chi connectivity index (χ4n) is 2.30. The van der Waals surface area contributed by atoms with Crippen molar-refractivity contribution in [3.8, 4) is 0 Å². The van der Waals surface area contributed by atoms with E-state index in [1.54, 1.807) is 0 Å². The molecule has 0 aliphatic heterocycles. The molecule has 1 aliphatic rings. The highest BCUT2D eigenvalue weighted by molar-refractivity contribution is 14.1. The molecule has 88 valence electrons. The minimum atomic E-state index is -0.326. The van der Waals surface area contributed by atoms with Crippen LogP contribution in [0.5, 0.6) is 0 Å². The number of rotatable bonds is 3. The molecular weight excluding hydrogens is 311 g/mol. The van der Waals surface area contributed by atoms with Crippen molar-refractivity contribution in [3.63, 3.8) is 0 Å². The predicted octanol–water partition coefficient (Wildman–Crippen LogP) is 4.30. The Morgan fingerprint density at radius 2 is 2.31 bits per heavy atom. The van der Waals surface area contributed by atoms with Gasteiger partial charge in [-0.1, -0.05) is 59.9 Å². The minimum absolute atomic E-state index is 0.0510. The van der Waals surface area contributed by atoms with Crippen molar-refractivity contribution in [1.82, 2.24) is 0 Å². The molecule has 1 nitrogen and oxygen atoms in total. The number of carbonyl (C=O) groups excluding carboxylic acids is 1. The van der Waals surface area contributed by atoms with Crippen LogP contribution in [-0.4, -0.2) is 5.78 Å². The van der Waals surface area contributed by atoms with Gasteiger partial charge in [-0.05, 0) is 24.4 Å². The maximum Gasteiger partial charge on any atom is 0.146 e. The molecule has 3 atom stereocenters. The van der Waals surface area contributed by atoms with Crippen molar-refractivity contribution in [2.75, 3.05) is 0 Å². The van der Waals surface area contributed by atoms with Gasteiger partial charge in [0, 0.05) is 17.3 Å². The van der Waals surface area contributed by atoms with E-state index in [9.17, 15) is 4.79 Å². The number of halogens is 1. The van der Waals surface area contributed by atoms with Crippen LogP contribution in [0.25, 0.3) is 0 Å². The van der Waals surface area contributed by atoms with E-state index in [2.05, 4.69) is 47.4 Å². The average molecular weight is 330 g/mol. The number of carbonyl (C=O) groups is 1. The number of hydrogen-bond acceptors (Lipinski definition) is 1. The molecule has 0 bridgehead atoms. The summed E-state index contributed by atoms with van der Waals surface area (Å²) < 4.78 is 1.97. The molecule has 0 unspecified atom stereocenters. The summed E-state index contributed by atoms with van der Waals surface area (Å²) in [5, 5.41) is 0. The third-order valence-corrected chi connectivity index (χ3v) is 3.90. The van der Waals surface area contributed by atoms with E-state index in [4.69, 9.17) is 0 Å². The third-order valence-electron chi connectivity index (χ3n) is 3.39. The molecule has 0 heterocycles. The van der Waals surface area contributed by atoms with Gasteiger partial charge in [-0.2, -0.15) is 0 Å². The molecule has 0 saturated carbocycles. The van der Waals surface area contributed by atoms with Crippen LogP contribution in [0, 0.1) is 17.3 Å². The first-order valence-electron chi connectivity index (χ1n) is 5.56. The van der Waals surface area contributed by atoms with Gasteiger partial charge in [-0.3, -0.25) is 4.79 Å². The van der Waals surface area contributed by atoms with Crippen molar-refractivity contribution in [3.05, 3.63) is 34.5 Å². The topological polar surface area (TPSA) is 17.1 Å². The van der Waals surface area contributed by atoms with E-state index in [0.29, 0.717) is 5.78 Å². The van der Waals surface area contributed by atoms with Crippen LogP contribution < -0.4 is 0 Å². The molecule has 0 fully saturated rings. The molecule has 0 saturated heterocycles. The summed E-state index contributed by atoms with van der Waals surface area (Å²) in [6, 6.07) is 0. The smallest absolute Gasteiger partial charge is 0.146 e. The van der Waals surface area contributed by atoms with Gasteiger partial charge in [0.25, 0.3) is 0 Å². The fourth-order valence-corrected chi connectivity index (χ4v) is 2.55. The summed E-state index contributed by atoms with van der Waals surface area (Å²) in [6.07, 6.45) is 7.05. The lowest BCUT2D eigenvalue weighted by atomic mass is 9.67. The summed E-state index contributed by atoms with van der Waals surface area (Å²) in [6.45, 7) is 9.98. The average Bonchev–Trinajstić information content (AvgIpc) is 2.23. The number of allylic oxidation sites excluding steroid dienone is 4. The Bertz CT molecular complexity index is 354. The highest BCUT2D eigenvalue weighted by Gasteiger charge is 2.39. The van der Waals surface area contributed by atoms with Gasteiger partial charge in [0.15, 0.2) is 0 Å². The van der Waals surface area contributed by atoms with Crippen molar-refractivity contribution in [1.29, 1.82) is 0 Å². The molecule has 0 amide bonds. The zero-order chi connectivity index (χ0) is 12.3. The van der Waals surface area contributed by atoms with Gasteiger partial charge < -0.3 is 0 Å². The van der Waals surface area contributed by atoms with Gasteiger partial charge in [-0.25, -0.2) is 0 Å². The Balaban J connectivity index is 2.98. The zero-order valence-electron chi connectivity index (χ0n) is 10.2. The predicted molar refractivity (Wildman–Crippen MR) is 77.5 cm³/mol. The quantitative estimate of drug-likeness (QED) is 0.557. The summed E-state index contributed by atoms with van der Waals surface area (Å²) in [5.41, 5.74) is 0.746.